The minimum atomic E-state index is -3.47. The van der Waals surface area contributed by atoms with Gasteiger partial charge in [0.2, 0.25) is 15.2 Å². The Hall–Kier alpha value is -2.20. The number of rotatable bonds is 5. The minimum Gasteiger partial charge on any atom is -0.296 e. The standard InChI is InChI=1S/C17H14Cl2N4O3S2/c1-23(28(2,25)26)12-7-8-14(19)13(9-12)15(24)20-17-22-21-16(27-17)10-3-5-11(18)6-4-10/h3-9H,1-2H3,(H,20,22,24). The molecule has 1 aromatic heterocycles. The Morgan fingerprint density at radius 2 is 1.79 bits per heavy atom. The van der Waals surface area contributed by atoms with Crippen molar-refractivity contribution < 1.29 is 13.2 Å². The van der Waals surface area contributed by atoms with Gasteiger partial charge in [-0.25, -0.2) is 8.42 Å². The van der Waals surface area contributed by atoms with E-state index in [0.29, 0.717) is 15.7 Å². The van der Waals surface area contributed by atoms with Crippen molar-refractivity contribution in [1.82, 2.24) is 10.2 Å². The Bertz CT molecular complexity index is 1130. The van der Waals surface area contributed by atoms with Crippen molar-refractivity contribution in [2.24, 2.45) is 0 Å². The lowest BCUT2D eigenvalue weighted by Crippen LogP contribution is -2.25. The Balaban J connectivity index is 1.83. The molecule has 0 bridgehead atoms. The summed E-state index contributed by atoms with van der Waals surface area (Å²) in [6.07, 6.45) is 1.07. The lowest BCUT2D eigenvalue weighted by molar-refractivity contribution is 0.102. The van der Waals surface area contributed by atoms with Crippen LogP contribution in [0, 0.1) is 0 Å². The molecule has 2 aromatic carbocycles. The Labute approximate surface area is 176 Å². The number of nitrogens with one attached hydrogen (secondary N) is 1. The van der Waals surface area contributed by atoms with Crippen LogP contribution in [0.15, 0.2) is 42.5 Å². The molecule has 28 heavy (non-hydrogen) atoms. The van der Waals surface area contributed by atoms with Crippen LogP contribution in [0.25, 0.3) is 10.6 Å². The molecule has 0 spiro atoms. The highest BCUT2D eigenvalue weighted by Crippen LogP contribution is 2.29. The van der Waals surface area contributed by atoms with Crippen LogP contribution in [-0.2, 0) is 10.0 Å². The zero-order valence-corrected chi connectivity index (χ0v) is 17.8. The molecule has 0 aliphatic heterocycles. The highest BCUT2D eigenvalue weighted by Gasteiger charge is 2.18. The van der Waals surface area contributed by atoms with Crippen LogP contribution in [0.3, 0.4) is 0 Å². The lowest BCUT2D eigenvalue weighted by atomic mass is 10.2. The molecule has 7 nitrogen and oxygen atoms in total. The largest absolute Gasteiger partial charge is 0.296 e. The Morgan fingerprint density at radius 3 is 2.43 bits per heavy atom. The molecule has 3 aromatic rings. The molecule has 0 saturated heterocycles. The maximum atomic E-state index is 12.6. The van der Waals surface area contributed by atoms with E-state index in [9.17, 15) is 13.2 Å². The molecule has 1 heterocycles. The van der Waals surface area contributed by atoms with Gasteiger partial charge in [-0.15, -0.1) is 10.2 Å². The third-order valence-corrected chi connectivity index (χ3v) is 6.47. The SMILES string of the molecule is CN(c1ccc(Cl)c(C(=O)Nc2nnc(-c3ccc(Cl)cc3)s2)c1)S(C)(=O)=O. The molecule has 0 atom stereocenters. The number of sulfonamides is 1. The second kappa shape index (κ2) is 8.04. The third kappa shape index (κ3) is 4.61. The molecule has 1 amide bonds. The van der Waals surface area contributed by atoms with Crippen molar-refractivity contribution >= 4 is 61.3 Å². The van der Waals surface area contributed by atoms with Crippen LogP contribution in [0.4, 0.5) is 10.8 Å². The van der Waals surface area contributed by atoms with Crippen molar-refractivity contribution in [2.75, 3.05) is 22.9 Å². The molecule has 0 aliphatic rings. The van der Waals surface area contributed by atoms with E-state index in [2.05, 4.69) is 15.5 Å². The van der Waals surface area contributed by atoms with E-state index < -0.39 is 15.9 Å². The number of benzene rings is 2. The quantitative estimate of drug-likeness (QED) is 0.621. The summed E-state index contributed by atoms with van der Waals surface area (Å²) in [6, 6.07) is 11.5. The number of nitrogens with zero attached hydrogens (tertiary/aromatic N) is 3. The van der Waals surface area contributed by atoms with Crippen molar-refractivity contribution in [3.05, 3.63) is 58.1 Å². The van der Waals surface area contributed by atoms with E-state index in [1.165, 1.54) is 36.6 Å². The smallest absolute Gasteiger partial charge is 0.259 e. The van der Waals surface area contributed by atoms with Gasteiger partial charge in [-0.2, -0.15) is 0 Å². The van der Waals surface area contributed by atoms with Crippen molar-refractivity contribution in [2.45, 2.75) is 0 Å². The van der Waals surface area contributed by atoms with Gasteiger partial charge in [-0.1, -0.05) is 46.7 Å². The van der Waals surface area contributed by atoms with E-state index in [4.69, 9.17) is 23.2 Å². The van der Waals surface area contributed by atoms with Gasteiger partial charge in [0.15, 0.2) is 0 Å². The predicted molar refractivity (Wildman–Crippen MR) is 113 cm³/mol. The van der Waals surface area contributed by atoms with Gasteiger partial charge in [-0.05, 0) is 30.3 Å². The summed E-state index contributed by atoms with van der Waals surface area (Å²) in [7, 11) is -2.08. The summed E-state index contributed by atoms with van der Waals surface area (Å²) >= 11 is 13.2. The first-order valence-electron chi connectivity index (χ1n) is 7.79. The summed E-state index contributed by atoms with van der Waals surface area (Å²) in [6.45, 7) is 0. The van der Waals surface area contributed by atoms with Gasteiger partial charge < -0.3 is 0 Å². The summed E-state index contributed by atoms with van der Waals surface area (Å²) in [4.78, 5) is 12.6. The lowest BCUT2D eigenvalue weighted by Gasteiger charge is -2.17. The van der Waals surface area contributed by atoms with Crippen LogP contribution in [0.5, 0.6) is 0 Å². The average molecular weight is 457 g/mol. The Morgan fingerprint density at radius 1 is 1.11 bits per heavy atom. The second-order valence-electron chi connectivity index (χ2n) is 5.77. The van der Waals surface area contributed by atoms with Crippen LogP contribution in [0.1, 0.15) is 10.4 Å². The molecular formula is C17H14Cl2N4O3S2. The first-order chi connectivity index (χ1) is 13.1. The number of hydrogen-bond acceptors (Lipinski definition) is 6. The van der Waals surface area contributed by atoms with Crippen LogP contribution in [-0.4, -0.2) is 37.8 Å². The third-order valence-electron chi connectivity index (χ3n) is 3.79. The maximum absolute atomic E-state index is 12.6. The first-order valence-corrected chi connectivity index (χ1v) is 11.2. The van der Waals surface area contributed by atoms with Gasteiger partial charge in [0.25, 0.3) is 5.91 Å². The average Bonchev–Trinajstić information content (AvgIpc) is 3.09. The van der Waals surface area contributed by atoms with Crippen molar-refractivity contribution in [3.63, 3.8) is 0 Å². The number of halogens is 2. The molecule has 0 aliphatic carbocycles. The van der Waals surface area contributed by atoms with E-state index in [-0.39, 0.29) is 15.7 Å². The van der Waals surface area contributed by atoms with Crippen LogP contribution >= 0.6 is 34.5 Å². The fourth-order valence-electron chi connectivity index (χ4n) is 2.22. The molecule has 0 unspecified atom stereocenters. The number of carbonyl (C=O) groups is 1. The number of carbonyl (C=O) groups excluding carboxylic acids is 1. The monoisotopic (exact) mass is 456 g/mol. The van der Waals surface area contributed by atoms with Crippen LogP contribution < -0.4 is 9.62 Å². The number of hydrogen-bond donors (Lipinski definition) is 1. The number of anilines is 2. The zero-order valence-electron chi connectivity index (χ0n) is 14.7. The molecule has 11 heteroatoms. The van der Waals surface area contributed by atoms with Gasteiger partial charge in [0.05, 0.1) is 22.5 Å². The molecule has 0 radical (unpaired) electrons. The summed E-state index contributed by atoms with van der Waals surface area (Å²) < 4.78 is 24.5. The van der Waals surface area contributed by atoms with Crippen molar-refractivity contribution in [1.29, 1.82) is 0 Å². The fourth-order valence-corrected chi connectivity index (χ4v) is 3.79. The maximum Gasteiger partial charge on any atom is 0.259 e. The van der Waals surface area contributed by atoms with Gasteiger partial charge in [-0.3, -0.25) is 14.4 Å². The summed E-state index contributed by atoms with van der Waals surface area (Å²) in [5.74, 6) is -0.521. The number of amides is 1. The van der Waals surface area contributed by atoms with Gasteiger partial charge >= 0.3 is 0 Å². The normalized spacial score (nSPS) is 11.3. The second-order valence-corrected chi connectivity index (χ2v) is 9.60. The summed E-state index contributed by atoms with van der Waals surface area (Å²) in [5.41, 5.74) is 1.26. The molecule has 0 fully saturated rings. The predicted octanol–water partition coefficient (Wildman–Crippen LogP) is 4.16. The highest BCUT2D eigenvalue weighted by molar-refractivity contribution is 7.92. The molecule has 3 rings (SSSR count). The number of aromatic nitrogens is 2. The first kappa shape index (κ1) is 20.5. The molecule has 1 N–H and O–H groups in total. The highest BCUT2D eigenvalue weighted by atomic mass is 35.5. The van der Waals surface area contributed by atoms with E-state index >= 15 is 0 Å². The van der Waals surface area contributed by atoms with Gasteiger partial charge in [0, 0.05) is 17.6 Å². The van der Waals surface area contributed by atoms with Gasteiger partial charge in [0.1, 0.15) is 5.01 Å². The molecule has 146 valence electrons. The zero-order chi connectivity index (χ0) is 20.5. The topological polar surface area (TPSA) is 92.3 Å². The van der Waals surface area contributed by atoms with Crippen LogP contribution in [0.2, 0.25) is 10.0 Å². The molecule has 0 saturated carbocycles. The Kier molecular flexibility index (Phi) is 5.90. The minimum absolute atomic E-state index is 0.123. The van der Waals surface area contributed by atoms with E-state index in [0.717, 1.165) is 16.1 Å². The van der Waals surface area contributed by atoms with E-state index in [1.807, 2.05) is 0 Å². The van der Waals surface area contributed by atoms with E-state index in [1.54, 1.807) is 24.3 Å². The van der Waals surface area contributed by atoms with Crippen molar-refractivity contribution in [3.8, 4) is 10.6 Å². The fraction of sp³-hybridized carbons (Fsp3) is 0.118. The summed E-state index contributed by atoms with van der Waals surface area (Å²) in [5, 5.41) is 12.3. The molecular weight excluding hydrogens is 443 g/mol.